The molecule has 0 aromatic rings. The van der Waals surface area contributed by atoms with Gasteiger partial charge < -0.3 is 5.73 Å². The Morgan fingerprint density at radius 3 is 1.71 bits per heavy atom. The van der Waals surface area contributed by atoms with Crippen LogP contribution in [0, 0.1) is 0 Å². The summed E-state index contributed by atoms with van der Waals surface area (Å²) in [7, 11) is -3.73. The van der Waals surface area contributed by atoms with E-state index in [-0.39, 0.29) is 0 Å². The molecule has 42 valence electrons. The summed E-state index contributed by atoms with van der Waals surface area (Å²) in [6.45, 7) is 0. The first-order valence-corrected chi connectivity index (χ1v) is 3.22. The van der Waals surface area contributed by atoms with Crippen molar-refractivity contribution >= 4 is 26.6 Å². The van der Waals surface area contributed by atoms with Crippen LogP contribution in [0.15, 0.2) is 0 Å². The Balaban J connectivity index is 4.43. The zero-order chi connectivity index (χ0) is 6.08. The molecule has 6 heteroatoms. The van der Waals surface area contributed by atoms with Gasteiger partial charge in [-0.1, -0.05) is 0 Å². The summed E-state index contributed by atoms with van der Waals surface area (Å²) < 4.78 is 19.0. The fraction of sp³-hybridized carbons (Fsp3) is 0. The highest BCUT2D eigenvalue weighted by molar-refractivity contribution is 8.15. The largest absolute Gasteiger partial charge is 0.379 e. The lowest BCUT2D eigenvalue weighted by Gasteiger charge is -1.86. The smallest absolute Gasteiger partial charge is 0.263 e. The van der Waals surface area contributed by atoms with Crippen molar-refractivity contribution < 1.29 is 8.42 Å². The topological polar surface area (TPSA) is 86.2 Å². The zero-order valence-electron chi connectivity index (χ0n) is 3.29. The van der Waals surface area contributed by atoms with Gasteiger partial charge in [0.1, 0.15) is 0 Å². The molecule has 0 fully saturated rings. The average molecular weight is 140 g/mol. The van der Waals surface area contributed by atoms with Crippen molar-refractivity contribution in [3.63, 3.8) is 0 Å². The van der Waals surface area contributed by atoms with Gasteiger partial charge in [0.15, 0.2) is 0 Å². The van der Waals surface area contributed by atoms with E-state index in [1.165, 1.54) is 0 Å². The van der Waals surface area contributed by atoms with Gasteiger partial charge in [0.05, 0.1) is 0 Å². The number of hydrogen-bond acceptors (Lipinski definition) is 3. The van der Waals surface area contributed by atoms with Crippen LogP contribution >= 0.6 is 12.2 Å². The number of rotatable bonds is 0. The second kappa shape index (κ2) is 1.73. The highest BCUT2D eigenvalue weighted by Crippen LogP contribution is 1.72. The van der Waals surface area contributed by atoms with Gasteiger partial charge >= 0.3 is 0 Å². The Hall–Kier alpha value is -0.200. The fourth-order valence-corrected chi connectivity index (χ4v) is 0. The molecular weight excluding hydrogens is 136 g/mol. The Labute approximate surface area is 46.5 Å². The van der Waals surface area contributed by atoms with Crippen molar-refractivity contribution in [2.24, 2.45) is 10.9 Å². The molecule has 4 N–H and O–H groups in total. The molecule has 0 atom stereocenters. The van der Waals surface area contributed by atoms with Crippen molar-refractivity contribution in [3.8, 4) is 0 Å². The van der Waals surface area contributed by atoms with Crippen LogP contribution in [0.5, 0.6) is 0 Å². The van der Waals surface area contributed by atoms with E-state index >= 15 is 0 Å². The number of thiocarbonyl (C=S) groups is 1. The highest BCUT2D eigenvalue weighted by Gasteiger charge is 2.02. The van der Waals surface area contributed by atoms with Crippen LogP contribution in [-0.2, 0) is 10.0 Å². The van der Waals surface area contributed by atoms with Crippen molar-refractivity contribution in [1.29, 1.82) is 0 Å². The maximum atomic E-state index is 9.84. The molecule has 0 aromatic carbocycles. The first-order chi connectivity index (χ1) is 2.94. The Morgan fingerprint density at radius 2 is 1.71 bits per heavy atom. The normalized spacial score (nSPS) is 11.0. The summed E-state index contributed by atoms with van der Waals surface area (Å²) in [5.41, 5.74) is 4.59. The molecule has 4 nitrogen and oxygen atoms in total. The minimum atomic E-state index is -3.73. The third-order valence-corrected chi connectivity index (χ3v) is 1.54. The third-order valence-electron chi connectivity index (χ3n) is 0.280. The standard InChI is InChI=1S/CH4N2O2S2/c2-1(6)7(3,4)5/h(H2,2,6)(H2,3,4,5). The minimum absolute atomic E-state index is 0.674. The second-order valence-corrected chi connectivity index (χ2v) is 3.09. The number of sulfonamides is 1. The zero-order valence-corrected chi connectivity index (χ0v) is 4.92. The van der Waals surface area contributed by atoms with E-state index in [0.29, 0.717) is 0 Å². The lowest BCUT2D eigenvalue weighted by molar-refractivity contribution is 0.609. The summed E-state index contributed by atoms with van der Waals surface area (Å²) in [5, 5.41) is 4.38. The van der Waals surface area contributed by atoms with Crippen LogP contribution in [0.3, 0.4) is 0 Å². The molecule has 0 radical (unpaired) electrons. The van der Waals surface area contributed by atoms with E-state index in [1.807, 2.05) is 0 Å². The molecule has 0 amide bonds. The summed E-state index contributed by atoms with van der Waals surface area (Å²) >= 11 is 4.00. The molecule has 0 aromatic heterocycles. The second-order valence-electron chi connectivity index (χ2n) is 0.864. The molecule has 7 heavy (non-hydrogen) atoms. The maximum absolute atomic E-state index is 9.84. The maximum Gasteiger partial charge on any atom is 0.263 e. The van der Waals surface area contributed by atoms with Crippen LogP contribution < -0.4 is 10.9 Å². The molecule has 0 heterocycles. The van der Waals surface area contributed by atoms with Crippen LogP contribution in [0.4, 0.5) is 0 Å². The number of hydrogen-bond donors (Lipinski definition) is 2. The molecular formula is CH4N2O2S2. The molecule has 0 aliphatic carbocycles. The van der Waals surface area contributed by atoms with Gasteiger partial charge in [0.2, 0.25) is 4.32 Å². The number of primary sulfonamides is 1. The van der Waals surface area contributed by atoms with Crippen molar-refractivity contribution in [1.82, 2.24) is 0 Å². The first kappa shape index (κ1) is 6.80. The van der Waals surface area contributed by atoms with Crippen molar-refractivity contribution in [3.05, 3.63) is 0 Å². The molecule has 0 bridgehead atoms. The molecule has 0 spiro atoms. The minimum Gasteiger partial charge on any atom is -0.379 e. The monoisotopic (exact) mass is 140 g/mol. The first-order valence-electron chi connectivity index (χ1n) is 1.27. The molecule has 0 aliphatic rings. The summed E-state index contributed by atoms with van der Waals surface area (Å²) in [5.74, 6) is 0. The molecule has 0 saturated heterocycles. The predicted molar refractivity (Wildman–Crippen MR) is 29.9 cm³/mol. The predicted octanol–water partition coefficient (Wildman–Crippen LogP) is -1.48. The SMILES string of the molecule is NC(=S)S(N)(=O)=O. The summed E-state index contributed by atoms with van der Waals surface area (Å²) in [6.07, 6.45) is 0. The van der Waals surface area contributed by atoms with Crippen LogP contribution in [0.1, 0.15) is 0 Å². The Kier molecular flexibility index (Phi) is 1.68. The molecule has 0 aliphatic heterocycles. The molecule has 0 unspecified atom stereocenters. The highest BCUT2D eigenvalue weighted by atomic mass is 32.2. The van der Waals surface area contributed by atoms with E-state index in [0.717, 1.165) is 0 Å². The van der Waals surface area contributed by atoms with Gasteiger partial charge in [-0.15, -0.1) is 0 Å². The lowest BCUT2D eigenvalue weighted by atomic mass is 11.5. The lowest BCUT2D eigenvalue weighted by Crippen LogP contribution is -2.28. The van der Waals surface area contributed by atoms with E-state index in [2.05, 4.69) is 23.1 Å². The van der Waals surface area contributed by atoms with Crippen molar-refractivity contribution in [2.75, 3.05) is 0 Å². The summed E-state index contributed by atoms with van der Waals surface area (Å²) in [6, 6.07) is 0. The molecule has 0 saturated carbocycles. The van der Waals surface area contributed by atoms with Gasteiger partial charge in [0.25, 0.3) is 10.0 Å². The van der Waals surface area contributed by atoms with E-state index in [4.69, 9.17) is 0 Å². The average Bonchev–Trinajstić information content (AvgIpc) is 1.31. The van der Waals surface area contributed by atoms with Crippen LogP contribution in [0.2, 0.25) is 0 Å². The summed E-state index contributed by atoms with van der Waals surface area (Å²) in [4.78, 5) is 0. The number of nitrogens with two attached hydrogens (primary N) is 2. The van der Waals surface area contributed by atoms with Gasteiger partial charge in [-0.05, 0) is 12.2 Å². The van der Waals surface area contributed by atoms with E-state index in [1.54, 1.807) is 0 Å². The Morgan fingerprint density at radius 1 is 1.57 bits per heavy atom. The van der Waals surface area contributed by atoms with Crippen LogP contribution in [0.25, 0.3) is 0 Å². The Bertz CT molecular complexity index is 168. The van der Waals surface area contributed by atoms with E-state index in [9.17, 15) is 8.42 Å². The molecule has 0 rings (SSSR count). The van der Waals surface area contributed by atoms with Gasteiger partial charge in [-0.25, -0.2) is 13.6 Å². The van der Waals surface area contributed by atoms with Gasteiger partial charge in [-0.2, -0.15) is 0 Å². The van der Waals surface area contributed by atoms with Crippen LogP contribution in [-0.4, -0.2) is 12.7 Å². The fourth-order valence-electron chi connectivity index (χ4n) is 0. The quantitative estimate of drug-likeness (QED) is 0.402. The van der Waals surface area contributed by atoms with E-state index < -0.39 is 14.3 Å². The van der Waals surface area contributed by atoms with Crippen molar-refractivity contribution in [2.45, 2.75) is 0 Å². The third kappa shape index (κ3) is 2.49. The van der Waals surface area contributed by atoms with Gasteiger partial charge in [-0.3, -0.25) is 0 Å². The van der Waals surface area contributed by atoms with Gasteiger partial charge in [0, 0.05) is 0 Å².